The molecule has 0 atom stereocenters. The van der Waals surface area contributed by atoms with E-state index in [1.165, 1.54) is 5.56 Å². The van der Waals surface area contributed by atoms with Crippen LogP contribution in [-0.4, -0.2) is 10.9 Å². The second-order valence-electron chi connectivity index (χ2n) is 5.42. The molecule has 0 saturated carbocycles. The predicted octanol–water partition coefficient (Wildman–Crippen LogP) is 3.44. The molecule has 1 saturated heterocycles. The summed E-state index contributed by atoms with van der Waals surface area (Å²) in [6.45, 7) is 6.52. The van der Waals surface area contributed by atoms with Crippen molar-refractivity contribution in [3.8, 4) is 0 Å². The van der Waals surface area contributed by atoms with E-state index in [4.69, 9.17) is 12.2 Å². The quantitative estimate of drug-likeness (QED) is 0.709. The van der Waals surface area contributed by atoms with Gasteiger partial charge in [0.25, 0.3) is 0 Å². The molecule has 90 valence electrons. The molecular weight excluding hydrogens is 230 g/mol. The fourth-order valence-corrected chi connectivity index (χ4v) is 2.28. The molecule has 0 aromatic heterocycles. The van der Waals surface area contributed by atoms with Gasteiger partial charge in [-0.15, -0.1) is 0 Å². The van der Waals surface area contributed by atoms with Crippen LogP contribution in [0.4, 0.5) is 5.69 Å². The lowest BCUT2D eigenvalue weighted by Gasteiger charge is -2.21. The van der Waals surface area contributed by atoms with Gasteiger partial charge in [-0.3, -0.25) is 9.69 Å². The van der Waals surface area contributed by atoms with Gasteiger partial charge in [0.1, 0.15) is 0 Å². The number of thiocarbonyl (C=S) groups is 1. The molecule has 1 amide bonds. The second kappa shape index (κ2) is 4.22. The molecular formula is C14H17NOS. The third-order valence-corrected chi connectivity index (χ3v) is 3.43. The predicted molar refractivity (Wildman–Crippen MR) is 74.5 cm³/mol. The van der Waals surface area contributed by atoms with Crippen molar-refractivity contribution < 1.29 is 4.79 Å². The molecule has 1 fully saturated rings. The summed E-state index contributed by atoms with van der Waals surface area (Å²) in [7, 11) is 0. The molecule has 0 bridgehead atoms. The molecule has 0 aliphatic carbocycles. The highest BCUT2D eigenvalue weighted by Gasteiger charge is 2.27. The Balaban J connectivity index is 2.30. The van der Waals surface area contributed by atoms with E-state index in [2.05, 4.69) is 32.9 Å². The normalized spacial score (nSPS) is 16.8. The fraction of sp³-hybridized carbons (Fsp3) is 0.429. The SMILES string of the molecule is CC(C)(C)c1ccc(N2C(=O)CCC2=S)cc1. The lowest BCUT2D eigenvalue weighted by molar-refractivity contribution is -0.116. The Kier molecular flexibility index (Phi) is 3.04. The summed E-state index contributed by atoms with van der Waals surface area (Å²) in [5.41, 5.74) is 2.29. The standard InChI is InChI=1S/C14H17NOS/c1-14(2,3)10-4-6-11(7-5-10)15-12(16)8-9-13(15)17/h4-7H,8-9H2,1-3H3. The molecule has 0 N–H and O–H groups in total. The van der Waals surface area contributed by atoms with E-state index in [-0.39, 0.29) is 11.3 Å². The molecule has 1 aliphatic heterocycles. The van der Waals surface area contributed by atoms with Gasteiger partial charge in [0, 0.05) is 18.5 Å². The zero-order valence-corrected chi connectivity index (χ0v) is 11.3. The van der Waals surface area contributed by atoms with Gasteiger partial charge in [0.15, 0.2) is 0 Å². The van der Waals surface area contributed by atoms with Crippen LogP contribution in [-0.2, 0) is 10.2 Å². The van der Waals surface area contributed by atoms with E-state index >= 15 is 0 Å². The Labute approximate surface area is 108 Å². The molecule has 0 radical (unpaired) electrons. The van der Waals surface area contributed by atoms with Crippen LogP contribution in [0.2, 0.25) is 0 Å². The van der Waals surface area contributed by atoms with Crippen molar-refractivity contribution in [3.63, 3.8) is 0 Å². The highest BCUT2D eigenvalue weighted by molar-refractivity contribution is 7.80. The van der Waals surface area contributed by atoms with E-state index in [1.807, 2.05) is 12.1 Å². The topological polar surface area (TPSA) is 20.3 Å². The van der Waals surface area contributed by atoms with Gasteiger partial charge in [-0.2, -0.15) is 0 Å². The maximum atomic E-state index is 11.7. The largest absolute Gasteiger partial charge is 0.275 e. The van der Waals surface area contributed by atoms with Gasteiger partial charge >= 0.3 is 0 Å². The van der Waals surface area contributed by atoms with Crippen LogP contribution in [0.15, 0.2) is 24.3 Å². The number of hydrogen-bond donors (Lipinski definition) is 0. The van der Waals surface area contributed by atoms with E-state index in [9.17, 15) is 4.79 Å². The number of amides is 1. The first-order valence-electron chi connectivity index (χ1n) is 5.86. The lowest BCUT2D eigenvalue weighted by Crippen LogP contribution is -2.27. The van der Waals surface area contributed by atoms with Crippen molar-refractivity contribution >= 4 is 28.8 Å². The number of hydrogen-bond acceptors (Lipinski definition) is 2. The second-order valence-corrected chi connectivity index (χ2v) is 5.89. The van der Waals surface area contributed by atoms with Gasteiger partial charge < -0.3 is 0 Å². The molecule has 2 nitrogen and oxygen atoms in total. The van der Waals surface area contributed by atoms with Crippen LogP contribution in [0.25, 0.3) is 0 Å². The molecule has 1 aromatic carbocycles. The highest BCUT2D eigenvalue weighted by atomic mass is 32.1. The van der Waals surface area contributed by atoms with Crippen LogP contribution in [0, 0.1) is 0 Å². The molecule has 0 spiro atoms. The summed E-state index contributed by atoms with van der Waals surface area (Å²) in [4.78, 5) is 14.1. The summed E-state index contributed by atoms with van der Waals surface area (Å²) in [5.74, 6) is 0.110. The third-order valence-electron chi connectivity index (χ3n) is 3.04. The molecule has 1 aromatic rings. The van der Waals surface area contributed by atoms with Crippen LogP contribution in [0.1, 0.15) is 39.2 Å². The maximum Gasteiger partial charge on any atom is 0.232 e. The van der Waals surface area contributed by atoms with E-state index in [0.717, 1.165) is 10.7 Å². The number of carbonyl (C=O) groups is 1. The molecule has 17 heavy (non-hydrogen) atoms. The molecule has 3 heteroatoms. The maximum absolute atomic E-state index is 11.7. The van der Waals surface area contributed by atoms with Crippen LogP contribution in [0.3, 0.4) is 0 Å². The van der Waals surface area contributed by atoms with Gasteiger partial charge in [-0.1, -0.05) is 45.1 Å². The van der Waals surface area contributed by atoms with Crippen molar-refractivity contribution in [3.05, 3.63) is 29.8 Å². The van der Waals surface area contributed by atoms with Crippen molar-refractivity contribution in [1.29, 1.82) is 0 Å². The van der Waals surface area contributed by atoms with Crippen molar-refractivity contribution in [2.45, 2.75) is 39.0 Å². The first-order chi connectivity index (χ1) is 7.89. The average Bonchev–Trinajstić information content (AvgIpc) is 2.58. The summed E-state index contributed by atoms with van der Waals surface area (Å²) in [6, 6.07) is 8.11. The fourth-order valence-electron chi connectivity index (χ4n) is 1.98. The number of benzene rings is 1. The van der Waals surface area contributed by atoms with Crippen molar-refractivity contribution in [1.82, 2.24) is 0 Å². The summed E-state index contributed by atoms with van der Waals surface area (Å²) < 4.78 is 0. The number of nitrogens with zero attached hydrogens (tertiary/aromatic N) is 1. The van der Waals surface area contributed by atoms with Gasteiger partial charge in [-0.25, -0.2) is 0 Å². The molecule has 2 rings (SSSR count). The number of anilines is 1. The van der Waals surface area contributed by atoms with Gasteiger partial charge in [-0.05, 0) is 23.1 Å². The summed E-state index contributed by atoms with van der Waals surface area (Å²) in [6.07, 6.45) is 1.25. The monoisotopic (exact) mass is 247 g/mol. The Morgan fingerprint density at radius 2 is 1.71 bits per heavy atom. The molecule has 1 aliphatic rings. The highest BCUT2D eigenvalue weighted by Crippen LogP contribution is 2.27. The first kappa shape index (κ1) is 12.2. The van der Waals surface area contributed by atoms with Crippen LogP contribution < -0.4 is 4.90 Å². The first-order valence-corrected chi connectivity index (χ1v) is 6.27. The minimum atomic E-state index is 0.110. The molecule has 0 unspecified atom stereocenters. The minimum absolute atomic E-state index is 0.110. The number of rotatable bonds is 1. The van der Waals surface area contributed by atoms with Crippen molar-refractivity contribution in [2.24, 2.45) is 0 Å². The minimum Gasteiger partial charge on any atom is -0.275 e. The Bertz CT molecular complexity index is 440. The smallest absolute Gasteiger partial charge is 0.232 e. The van der Waals surface area contributed by atoms with Crippen LogP contribution >= 0.6 is 12.2 Å². The van der Waals surface area contributed by atoms with Crippen molar-refractivity contribution in [2.75, 3.05) is 4.90 Å². The van der Waals surface area contributed by atoms with E-state index in [0.29, 0.717) is 12.8 Å². The van der Waals surface area contributed by atoms with Gasteiger partial charge in [0.05, 0.1) is 4.99 Å². The Morgan fingerprint density at radius 1 is 1.12 bits per heavy atom. The van der Waals surface area contributed by atoms with Gasteiger partial charge in [0.2, 0.25) is 5.91 Å². The summed E-state index contributed by atoms with van der Waals surface area (Å²) in [5, 5.41) is 0. The van der Waals surface area contributed by atoms with E-state index < -0.39 is 0 Å². The Hall–Kier alpha value is -1.22. The average molecular weight is 247 g/mol. The third kappa shape index (κ3) is 2.39. The zero-order valence-electron chi connectivity index (χ0n) is 10.5. The lowest BCUT2D eigenvalue weighted by atomic mass is 9.87. The zero-order chi connectivity index (χ0) is 12.6. The Morgan fingerprint density at radius 3 is 2.12 bits per heavy atom. The molecule has 1 heterocycles. The van der Waals surface area contributed by atoms with E-state index in [1.54, 1.807) is 4.90 Å². The number of carbonyl (C=O) groups excluding carboxylic acids is 1. The van der Waals surface area contributed by atoms with Crippen LogP contribution in [0.5, 0.6) is 0 Å². The summed E-state index contributed by atoms with van der Waals surface area (Å²) >= 11 is 5.21.